The summed E-state index contributed by atoms with van der Waals surface area (Å²) in [7, 11) is 0. The number of benzene rings is 2. The third kappa shape index (κ3) is 8.14. The van der Waals surface area contributed by atoms with E-state index in [-0.39, 0.29) is 5.75 Å². The van der Waals surface area contributed by atoms with Crippen molar-refractivity contribution >= 4 is 50.1 Å². The average Bonchev–Trinajstić information content (AvgIpc) is 3.14. The van der Waals surface area contributed by atoms with Crippen LogP contribution in [0.4, 0.5) is 0 Å². The largest absolute Gasteiger partial charge is 0.506 e. The summed E-state index contributed by atoms with van der Waals surface area (Å²) in [6.07, 6.45) is 2.02. The molecular formula is C21H25BrCl2O3. The number of furan rings is 1. The van der Waals surface area contributed by atoms with E-state index in [0.717, 1.165) is 28.5 Å². The number of aryl methyl sites for hydroxylation is 2. The summed E-state index contributed by atoms with van der Waals surface area (Å²) in [5.74, 6) is 0.150. The van der Waals surface area contributed by atoms with Crippen LogP contribution >= 0.6 is 39.1 Å². The number of ether oxygens (including phenoxy) is 1. The fourth-order valence-corrected chi connectivity index (χ4v) is 2.63. The Labute approximate surface area is 179 Å². The normalized spacial score (nSPS) is 11.2. The minimum absolute atomic E-state index is 0.150. The van der Waals surface area contributed by atoms with E-state index in [2.05, 4.69) is 15.9 Å². The molecule has 0 aliphatic rings. The van der Waals surface area contributed by atoms with Crippen LogP contribution in [0.1, 0.15) is 25.0 Å². The second-order valence-electron chi connectivity index (χ2n) is 5.90. The Balaban J connectivity index is 0.000000209. The van der Waals surface area contributed by atoms with Gasteiger partial charge in [0.05, 0.1) is 22.4 Å². The first-order valence-corrected chi connectivity index (χ1v) is 10.4. The molecule has 3 rings (SSSR count). The summed E-state index contributed by atoms with van der Waals surface area (Å²) in [5, 5.41) is 12.1. The first-order chi connectivity index (χ1) is 12.8. The van der Waals surface area contributed by atoms with Crippen LogP contribution in [0, 0.1) is 13.8 Å². The van der Waals surface area contributed by atoms with Gasteiger partial charge in [-0.15, -0.1) is 0 Å². The fraction of sp³-hybridized carbons (Fsp3) is 0.333. The van der Waals surface area contributed by atoms with Gasteiger partial charge in [-0.2, -0.15) is 0 Å². The predicted octanol–water partition coefficient (Wildman–Crippen LogP) is 7.55. The van der Waals surface area contributed by atoms with Crippen molar-refractivity contribution < 1.29 is 14.3 Å². The minimum Gasteiger partial charge on any atom is -0.506 e. The molecule has 0 bridgehead atoms. The van der Waals surface area contributed by atoms with Gasteiger partial charge in [-0.1, -0.05) is 51.3 Å². The summed E-state index contributed by atoms with van der Waals surface area (Å²) < 4.78 is 10.3. The van der Waals surface area contributed by atoms with Crippen LogP contribution < -0.4 is 0 Å². The van der Waals surface area contributed by atoms with E-state index in [9.17, 15) is 0 Å². The molecule has 0 spiro atoms. The van der Waals surface area contributed by atoms with E-state index in [1.807, 2.05) is 52.0 Å². The lowest BCUT2D eigenvalue weighted by Gasteiger charge is -2.04. The first-order valence-electron chi connectivity index (χ1n) is 8.55. The maximum atomic E-state index is 8.97. The first kappa shape index (κ1) is 23.8. The highest BCUT2D eigenvalue weighted by molar-refractivity contribution is 9.09. The van der Waals surface area contributed by atoms with Crippen LogP contribution in [0.5, 0.6) is 5.75 Å². The number of aromatic hydroxyl groups is 1. The second-order valence-corrected chi connectivity index (χ2v) is 7.36. The Morgan fingerprint density at radius 2 is 1.78 bits per heavy atom. The molecule has 148 valence electrons. The summed E-state index contributed by atoms with van der Waals surface area (Å²) in [6.45, 7) is 8.79. The van der Waals surface area contributed by atoms with Crippen LogP contribution in [-0.4, -0.2) is 23.1 Å². The van der Waals surface area contributed by atoms with Gasteiger partial charge in [-0.3, -0.25) is 0 Å². The summed E-state index contributed by atoms with van der Waals surface area (Å²) in [4.78, 5) is 0. The van der Waals surface area contributed by atoms with Crippen molar-refractivity contribution in [2.75, 3.05) is 11.9 Å². The van der Waals surface area contributed by atoms with E-state index in [1.54, 1.807) is 18.4 Å². The zero-order valence-electron chi connectivity index (χ0n) is 15.9. The zero-order valence-corrected chi connectivity index (χ0v) is 19.0. The molecule has 2 aromatic carbocycles. The van der Waals surface area contributed by atoms with E-state index in [1.165, 1.54) is 5.56 Å². The van der Waals surface area contributed by atoms with Gasteiger partial charge < -0.3 is 14.3 Å². The highest BCUT2D eigenvalue weighted by Gasteiger charge is 2.03. The monoisotopic (exact) mass is 474 g/mol. The number of phenols is 1. The molecule has 0 fully saturated rings. The number of phenolic OH excluding ortho intramolecular Hbond substituents is 1. The quantitative estimate of drug-likeness (QED) is 0.397. The van der Waals surface area contributed by atoms with Crippen molar-refractivity contribution in [2.45, 2.75) is 33.8 Å². The Morgan fingerprint density at radius 1 is 1.11 bits per heavy atom. The molecule has 6 heteroatoms. The fourth-order valence-electron chi connectivity index (χ4n) is 2.12. The Bertz CT molecular complexity index is 797. The molecule has 1 N–H and O–H groups in total. The van der Waals surface area contributed by atoms with Gasteiger partial charge in [0.1, 0.15) is 5.75 Å². The van der Waals surface area contributed by atoms with Crippen molar-refractivity contribution in [3.05, 3.63) is 63.8 Å². The zero-order chi connectivity index (χ0) is 20.4. The Hall–Kier alpha value is -1.20. The van der Waals surface area contributed by atoms with Gasteiger partial charge in [0.25, 0.3) is 0 Å². The van der Waals surface area contributed by atoms with Crippen LogP contribution in [0.3, 0.4) is 0 Å². The molecule has 1 heterocycles. The molecule has 0 radical (unpaired) electrons. The van der Waals surface area contributed by atoms with Crippen LogP contribution in [0.25, 0.3) is 11.0 Å². The number of fused-ring (bicyclic) bond motifs is 1. The lowest BCUT2D eigenvalue weighted by Crippen LogP contribution is -2.07. The van der Waals surface area contributed by atoms with Crippen molar-refractivity contribution in [1.82, 2.24) is 0 Å². The summed E-state index contributed by atoms with van der Waals surface area (Å²) in [5.41, 5.74) is 2.99. The highest BCUT2D eigenvalue weighted by Crippen LogP contribution is 2.26. The summed E-state index contributed by atoms with van der Waals surface area (Å²) >= 11 is 14.7. The lowest BCUT2D eigenvalue weighted by molar-refractivity contribution is 0.0940. The number of hydrogen-bond acceptors (Lipinski definition) is 3. The molecule has 0 saturated heterocycles. The molecule has 0 aliphatic heterocycles. The molecule has 0 amide bonds. The van der Waals surface area contributed by atoms with E-state index in [0.29, 0.717) is 16.1 Å². The number of hydrogen-bond donors (Lipinski definition) is 1. The van der Waals surface area contributed by atoms with Gasteiger partial charge in [0.2, 0.25) is 0 Å². The highest BCUT2D eigenvalue weighted by atomic mass is 79.9. The third-order valence-corrected chi connectivity index (χ3v) is 5.09. The van der Waals surface area contributed by atoms with Gasteiger partial charge in [0, 0.05) is 17.3 Å². The molecule has 3 aromatic rings. The number of rotatable bonds is 3. The standard InChI is InChI=1S/C9H7ClO.C7H7ClO.C5H11BrO/c1-6-2-3-8(10)9-7(6)4-5-11-9;1-5-2-3-6(8)7(9)4-5;1-3-7-5(2)4-6/h2-5H,1H3;2-4,9H,1H3;5H,3-4H2,1-2H3. The maximum Gasteiger partial charge on any atom is 0.152 e. The smallest absolute Gasteiger partial charge is 0.152 e. The van der Waals surface area contributed by atoms with E-state index in [4.69, 9.17) is 37.5 Å². The molecular weight excluding hydrogens is 451 g/mol. The van der Waals surface area contributed by atoms with Gasteiger partial charge in [0.15, 0.2) is 5.58 Å². The third-order valence-electron chi connectivity index (χ3n) is 3.56. The maximum absolute atomic E-state index is 8.97. The lowest BCUT2D eigenvalue weighted by atomic mass is 10.1. The molecule has 1 atom stereocenters. The molecule has 3 nitrogen and oxygen atoms in total. The molecule has 0 saturated carbocycles. The van der Waals surface area contributed by atoms with Crippen LogP contribution in [0.15, 0.2) is 47.1 Å². The van der Waals surface area contributed by atoms with Gasteiger partial charge >= 0.3 is 0 Å². The predicted molar refractivity (Wildman–Crippen MR) is 119 cm³/mol. The molecule has 1 unspecified atom stereocenters. The topological polar surface area (TPSA) is 42.6 Å². The second kappa shape index (κ2) is 12.3. The Kier molecular flexibility index (Phi) is 10.9. The SMILES string of the molecule is CCOC(C)CBr.Cc1ccc(Cl)c(O)c1.Cc1ccc(Cl)c2occc12. The van der Waals surface area contributed by atoms with Crippen molar-refractivity contribution in [3.8, 4) is 5.75 Å². The van der Waals surface area contributed by atoms with E-state index >= 15 is 0 Å². The number of alkyl halides is 1. The van der Waals surface area contributed by atoms with Crippen LogP contribution in [-0.2, 0) is 4.74 Å². The molecule has 0 aliphatic carbocycles. The van der Waals surface area contributed by atoms with Gasteiger partial charge in [-0.25, -0.2) is 0 Å². The van der Waals surface area contributed by atoms with E-state index < -0.39 is 0 Å². The molecule has 27 heavy (non-hydrogen) atoms. The Morgan fingerprint density at radius 3 is 2.26 bits per heavy atom. The molecule has 1 aromatic heterocycles. The summed E-state index contributed by atoms with van der Waals surface area (Å²) in [6, 6.07) is 10.9. The van der Waals surface area contributed by atoms with Crippen LogP contribution in [0.2, 0.25) is 10.0 Å². The number of halogens is 3. The van der Waals surface area contributed by atoms with Gasteiger partial charge in [-0.05, 0) is 63.1 Å². The average molecular weight is 476 g/mol. The van der Waals surface area contributed by atoms with Crippen molar-refractivity contribution in [2.24, 2.45) is 0 Å². The minimum atomic E-state index is 0.150. The van der Waals surface area contributed by atoms with Crippen molar-refractivity contribution in [1.29, 1.82) is 0 Å². The van der Waals surface area contributed by atoms with Crippen molar-refractivity contribution in [3.63, 3.8) is 0 Å².